The van der Waals surface area contributed by atoms with Gasteiger partial charge in [0.15, 0.2) is 16.7 Å². The maximum absolute atomic E-state index is 12.6. The number of nitrogens with zero attached hydrogens (tertiary/aromatic N) is 3. The van der Waals surface area contributed by atoms with Gasteiger partial charge in [0.1, 0.15) is 0 Å². The van der Waals surface area contributed by atoms with Crippen LogP contribution in [0.5, 0.6) is 0 Å². The van der Waals surface area contributed by atoms with E-state index < -0.39 is 0 Å². The van der Waals surface area contributed by atoms with E-state index in [1.807, 2.05) is 67.1 Å². The molecule has 2 aromatic heterocycles. The molecule has 136 valence electrons. The summed E-state index contributed by atoms with van der Waals surface area (Å²) in [6.45, 7) is 1.85. The Morgan fingerprint density at radius 3 is 2.70 bits per heavy atom. The fourth-order valence-electron chi connectivity index (χ4n) is 2.76. The lowest BCUT2D eigenvalue weighted by atomic mass is 10.1. The molecule has 0 spiro atoms. The summed E-state index contributed by atoms with van der Waals surface area (Å²) < 4.78 is 7.19. The minimum atomic E-state index is -0.330. The molecule has 0 aliphatic carbocycles. The van der Waals surface area contributed by atoms with Crippen molar-refractivity contribution in [3.05, 3.63) is 60.9 Å². The number of aromatic nitrogens is 3. The molecule has 1 amide bonds. The minimum Gasteiger partial charge on any atom is -0.461 e. The molecule has 0 saturated carbocycles. The Morgan fingerprint density at radius 2 is 1.93 bits per heavy atom. The number of anilines is 1. The molecule has 1 atom stereocenters. The van der Waals surface area contributed by atoms with Crippen LogP contribution in [-0.2, 0) is 11.8 Å². The molecule has 0 bridgehead atoms. The molecule has 7 heteroatoms. The van der Waals surface area contributed by atoms with Gasteiger partial charge < -0.3 is 14.3 Å². The number of thioether (sulfide) groups is 1. The van der Waals surface area contributed by atoms with Gasteiger partial charge in [-0.05, 0) is 42.0 Å². The molecule has 4 aromatic rings. The summed E-state index contributed by atoms with van der Waals surface area (Å²) in [6, 6.07) is 17.6. The lowest BCUT2D eigenvalue weighted by Gasteiger charge is -2.12. The molecule has 1 unspecified atom stereocenters. The molecular formula is C20H18N4O2S. The van der Waals surface area contributed by atoms with Crippen LogP contribution in [-0.4, -0.2) is 25.9 Å². The number of hydrogen-bond acceptors (Lipinski definition) is 5. The topological polar surface area (TPSA) is 73.0 Å². The average Bonchev–Trinajstić information content (AvgIpc) is 3.32. The standard InChI is InChI=1S/C20H18N4O2S/c1-13(27-20-23-22-18(24(20)2)17-8-5-11-26-17)19(25)21-16-10-9-14-6-3-4-7-15(14)12-16/h3-13H,1-2H3,(H,21,25). The third kappa shape index (κ3) is 3.59. The molecule has 27 heavy (non-hydrogen) atoms. The number of furan rings is 1. The monoisotopic (exact) mass is 378 g/mol. The summed E-state index contributed by atoms with van der Waals surface area (Å²) in [7, 11) is 1.86. The molecule has 1 N–H and O–H groups in total. The second-order valence-corrected chi connectivity index (χ2v) is 7.46. The number of rotatable bonds is 5. The molecule has 0 aliphatic heterocycles. The first kappa shape index (κ1) is 17.4. The molecule has 4 rings (SSSR count). The Labute approximate surface area is 160 Å². The van der Waals surface area contributed by atoms with Crippen LogP contribution >= 0.6 is 11.8 Å². The van der Waals surface area contributed by atoms with Crippen molar-refractivity contribution in [1.29, 1.82) is 0 Å². The van der Waals surface area contributed by atoms with Crippen molar-refractivity contribution in [2.24, 2.45) is 7.05 Å². The first-order chi connectivity index (χ1) is 13.1. The maximum Gasteiger partial charge on any atom is 0.237 e. The summed E-state index contributed by atoms with van der Waals surface area (Å²) in [6.07, 6.45) is 1.59. The molecule has 0 radical (unpaired) electrons. The van der Waals surface area contributed by atoms with E-state index in [9.17, 15) is 4.79 Å². The number of amides is 1. The van der Waals surface area contributed by atoms with Gasteiger partial charge in [0.2, 0.25) is 5.91 Å². The Kier molecular flexibility index (Phi) is 4.68. The summed E-state index contributed by atoms with van der Waals surface area (Å²) >= 11 is 1.35. The minimum absolute atomic E-state index is 0.0853. The van der Waals surface area contributed by atoms with Crippen LogP contribution in [0.25, 0.3) is 22.4 Å². The summed E-state index contributed by atoms with van der Waals surface area (Å²) in [5, 5.41) is 13.9. The molecule has 6 nitrogen and oxygen atoms in total. The van der Waals surface area contributed by atoms with Crippen LogP contribution in [0, 0.1) is 0 Å². The Morgan fingerprint density at radius 1 is 1.11 bits per heavy atom. The lowest BCUT2D eigenvalue weighted by molar-refractivity contribution is -0.115. The predicted octanol–water partition coefficient (Wildman–Crippen LogP) is 4.35. The van der Waals surface area contributed by atoms with E-state index in [4.69, 9.17) is 4.42 Å². The van der Waals surface area contributed by atoms with E-state index in [-0.39, 0.29) is 11.2 Å². The van der Waals surface area contributed by atoms with E-state index in [0.717, 1.165) is 16.5 Å². The maximum atomic E-state index is 12.6. The zero-order valence-corrected chi connectivity index (χ0v) is 15.7. The fraction of sp³-hybridized carbons (Fsp3) is 0.150. The van der Waals surface area contributed by atoms with Crippen molar-refractivity contribution < 1.29 is 9.21 Å². The van der Waals surface area contributed by atoms with E-state index in [2.05, 4.69) is 15.5 Å². The molecule has 0 fully saturated rings. The normalized spacial score (nSPS) is 12.2. The summed E-state index contributed by atoms with van der Waals surface area (Å²) in [5.41, 5.74) is 0.778. The quantitative estimate of drug-likeness (QED) is 0.523. The summed E-state index contributed by atoms with van der Waals surface area (Å²) in [5.74, 6) is 1.19. The van der Waals surface area contributed by atoms with Crippen molar-refractivity contribution in [3.63, 3.8) is 0 Å². The zero-order valence-electron chi connectivity index (χ0n) is 14.9. The molecule has 0 saturated heterocycles. The molecule has 0 aliphatic rings. The lowest BCUT2D eigenvalue weighted by Crippen LogP contribution is -2.22. The Balaban J connectivity index is 1.46. The molecule has 2 heterocycles. The van der Waals surface area contributed by atoms with Crippen LogP contribution < -0.4 is 5.32 Å². The van der Waals surface area contributed by atoms with Gasteiger partial charge in [-0.2, -0.15) is 0 Å². The van der Waals surface area contributed by atoms with Crippen molar-refractivity contribution in [3.8, 4) is 11.6 Å². The van der Waals surface area contributed by atoms with Gasteiger partial charge in [-0.25, -0.2) is 0 Å². The number of nitrogens with one attached hydrogen (secondary N) is 1. The highest BCUT2D eigenvalue weighted by atomic mass is 32.2. The first-order valence-corrected chi connectivity index (χ1v) is 9.39. The van der Waals surface area contributed by atoms with Crippen LogP contribution in [0.1, 0.15) is 6.92 Å². The fourth-order valence-corrected chi connectivity index (χ4v) is 3.58. The van der Waals surface area contributed by atoms with Gasteiger partial charge in [0.25, 0.3) is 0 Å². The number of carbonyl (C=O) groups excluding carboxylic acids is 1. The van der Waals surface area contributed by atoms with Crippen molar-refractivity contribution in [1.82, 2.24) is 14.8 Å². The Hall–Kier alpha value is -3.06. The van der Waals surface area contributed by atoms with Crippen LogP contribution in [0.15, 0.2) is 70.4 Å². The highest BCUT2D eigenvalue weighted by Gasteiger charge is 2.20. The highest BCUT2D eigenvalue weighted by molar-refractivity contribution is 8.00. The van der Waals surface area contributed by atoms with Crippen LogP contribution in [0.3, 0.4) is 0 Å². The third-order valence-electron chi connectivity index (χ3n) is 4.24. The van der Waals surface area contributed by atoms with Crippen molar-refractivity contribution in [2.45, 2.75) is 17.3 Å². The van der Waals surface area contributed by atoms with Crippen LogP contribution in [0.4, 0.5) is 5.69 Å². The number of benzene rings is 2. The average molecular weight is 378 g/mol. The first-order valence-electron chi connectivity index (χ1n) is 8.51. The van der Waals surface area contributed by atoms with E-state index in [1.165, 1.54) is 11.8 Å². The second kappa shape index (κ2) is 7.28. The van der Waals surface area contributed by atoms with Gasteiger partial charge in [-0.3, -0.25) is 4.79 Å². The number of hydrogen-bond donors (Lipinski definition) is 1. The zero-order chi connectivity index (χ0) is 18.8. The van der Waals surface area contributed by atoms with Gasteiger partial charge in [0, 0.05) is 12.7 Å². The van der Waals surface area contributed by atoms with Gasteiger partial charge >= 0.3 is 0 Å². The second-order valence-electron chi connectivity index (χ2n) is 6.15. The molecular weight excluding hydrogens is 360 g/mol. The van der Waals surface area contributed by atoms with Gasteiger partial charge in [0.05, 0.1) is 11.5 Å². The largest absolute Gasteiger partial charge is 0.461 e. The Bertz CT molecular complexity index is 1090. The molecule has 2 aromatic carbocycles. The number of carbonyl (C=O) groups is 1. The number of fused-ring (bicyclic) bond motifs is 1. The summed E-state index contributed by atoms with van der Waals surface area (Å²) in [4.78, 5) is 12.6. The van der Waals surface area contributed by atoms with E-state index in [0.29, 0.717) is 16.7 Å². The van der Waals surface area contributed by atoms with Crippen LogP contribution in [0.2, 0.25) is 0 Å². The SMILES string of the molecule is CC(Sc1nnc(-c2ccco2)n1C)C(=O)Nc1ccc2ccccc2c1. The van der Waals surface area contributed by atoms with E-state index >= 15 is 0 Å². The smallest absolute Gasteiger partial charge is 0.237 e. The predicted molar refractivity (Wildman–Crippen MR) is 107 cm³/mol. The highest BCUT2D eigenvalue weighted by Crippen LogP contribution is 2.27. The van der Waals surface area contributed by atoms with E-state index in [1.54, 1.807) is 12.3 Å². The van der Waals surface area contributed by atoms with Crippen molar-refractivity contribution in [2.75, 3.05) is 5.32 Å². The van der Waals surface area contributed by atoms with Gasteiger partial charge in [-0.15, -0.1) is 10.2 Å². The third-order valence-corrected chi connectivity index (χ3v) is 5.38. The van der Waals surface area contributed by atoms with Crippen molar-refractivity contribution >= 4 is 34.1 Å². The van der Waals surface area contributed by atoms with Gasteiger partial charge in [-0.1, -0.05) is 42.1 Å².